The highest BCUT2D eigenvalue weighted by Crippen LogP contribution is 2.41. The SMILES string of the molecule is COc1ccc2c(n1)c(CCNC(=O)c1ccco1)c1n2C(=O)c2ccccc2-1. The van der Waals surface area contributed by atoms with Crippen LogP contribution in [0.5, 0.6) is 5.88 Å². The van der Waals surface area contributed by atoms with Crippen LogP contribution >= 0.6 is 0 Å². The zero-order valence-corrected chi connectivity index (χ0v) is 15.6. The number of fused-ring (bicyclic) bond motifs is 5. The van der Waals surface area contributed by atoms with Gasteiger partial charge in [0.05, 0.1) is 30.1 Å². The van der Waals surface area contributed by atoms with E-state index in [2.05, 4.69) is 10.3 Å². The first-order valence-electron chi connectivity index (χ1n) is 9.23. The van der Waals surface area contributed by atoms with Gasteiger partial charge >= 0.3 is 0 Å². The van der Waals surface area contributed by atoms with E-state index in [1.165, 1.54) is 6.26 Å². The number of furan rings is 1. The van der Waals surface area contributed by atoms with Crippen LogP contribution in [-0.2, 0) is 6.42 Å². The lowest BCUT2D eigenvalue weighted by Gasteiger charge is -2.06. The molecule has 5 rings (SSSR count). The standard InChI is InChI=1S/C22H17N3O4/c1-28-18-9-8-16-19(24-18)15(10-11-23-21(26)17-7-4-12-29-17)20-13-5-2-3-6-14(13)22(27)25(16)20/h2-9,12H,10-11H2,1H3,(H,23,26). The lowest BCUT2D eigenvalue weighted by Crippen LogP contribution is -2.25. The largest absolute Gasteiger partial charge is 0.481 e. The first kappa shape index (κ1) is 17.2. The Kier molecular flexibility index (Phi) is 3.94. The molecule has 0 unspecified atom stereocenters. The molecule has 0 saturated heterocycles. The van der Waals surface area contributed by atoms with Gasteiger partial charge in [-0.1, -0.05) is 18.2 Å². The summed E-state index contributed by atoms with van der Waals surface area (Å²) in [6, 6.07) is 14.4. The summed E-state index contributed by atoms with van der Waals surface area (Å²) in [5.41, 5.74) is 4.71. The third kappa shape index (κ3) is 2.62. The van der Waals surface area contributed by atoms with E-state index in [1.807, 2.05) is 30.3 Å². The molecule has 1 N–H and O–H groups in total. The maximum atomic E-state index is 13.0. The molecule has 0 radical (unpaired) electrons. The quantitative estimate of drug-likeness (QED) is 0.500. The van der Waals surface area contributed by atoms with Gasteiger partial charge in [-0.15, -0.1) is 0 Å². The predicted molar refractivity (Wildman–Crippen MR) is 106 cm³/mol. The average Bonchev–Trinajstić information content (AvgIpc) is 3.45. The Balaban J connectivity index is 1.57. The van der Waals surface area contributed by atoms with E-state index in [9.17, 15) is 9.59 Å². The first-order valence-corrected chi connectivity index (χ1v) is 9.23. The molecule has 1 amide bonds. The molecular formula is C22H17N3O4. The molecule has 7 heteroatoms. The minimum absolute atomic E-state index is 0.0709. The van der Waals surface area contributed by atoms with Crippen LogP contribution in [0.4, 0.5) is 0 Å². The number of amides is 1. The summed E-state index contributed by atoms with van der Waals surface area (Å²) in [7, 11) is 1.56. The second-order valence-electron chi connectivity index (χ2n) is 6.72. The third-order valence-corrected chi connectivity index (χ3v) is 5.11. The Labute approximate surface area is 165 Å². The fraction of sp³-hybridized carbons (Fsp3) is 0.136. The molecule has 0 atom stereocenters. The maximum Gasteiger partial charge on any atom is 0.286 e. The molecule has 1 aliphatic heterocycles. The number of benzene rings is 1. The normalized spacial score (nSPS) is 12.1. The summed E-state index contributed by atoms with van der Waals surface area (Å²) < 4.78 is 12.1. The molecule has 7 nitrogen and oxygen atoms in total. The Hall–Kier alpha value is -3.87. The summed E-state index contributed by atoms with van der Waals surface area (Å²) >= 11 is 0. The molecule has 3 aromatic heterocycles. The topological polar surface area (TPSA) is 86.4 Å². The van der Waals surface area contributed by atoms with E-state index < -0.39 is 0 Å². The first-order chi connectivity index (χ1) is 14.2. The fourth-order valence-electron chi connectivity index (χ4n) is 3.84. The van der Waals surface area contributed by atoms with Gasteiger partial charge < -0.3 is 14.5 Å². The molecule has 0 fully saturated rings. The van der Waals surface area contributed by atoms with E-state index in [0.717, 1.165) is 22.3 Å². The van der Waals surface area contributed by atoms with Gasteiger partial charge in [0, 0.05) is 29.3 Å². The van der Waals surface area contributed by atoms with Crippen LogP contribution in [-0.4, -0.2) is 35.0 Å². The smallest absolute Gasteiger partial charge is 0.286 e. The van der Waals surface area contributed by atoms with Crippen LogP contribution in [0.25, 0.3) is 22.3 Å². The number of pyridine rings is 1. The lowest BCUT2D eigenvalue weighted by molar-refractivity contribution is 0.0925. The van der Waals surface area contributed by atoms with Crippen molar-refractivity contribution in [3.05, 3.63) is 71.7 Å². The number of carbonyl (C=O) groups excluding carboxylic acids is 2. The van der Waals surface area contributed by atoms with E-state index in [1.54, 1.807) is 29.9 Å². The van der Waals surface area contributed by atoms with Crippen molar-refractivity contribution in [3.8, 4) is 17.1 Å². The monoisotopic (exact) mass is 387 g/mol. The Bertz CT molecular complexity index is 1250. The Morgan fingerprint density at radius 1 is 1.14 bits per heavy atom. The lowest BCUT2D eigenvalue weighted by atomic mass is 10.0. The number of nitrogens with one attached hydrogen (secondary N) is 1. The second-order valence-corrected chi connectivity index (χ2v) is 6.72. The van der Waals surface area contributed by atoms with Crippen molar-refractivity contribution in [3.63, 3.8) is 0 Å². The summed E-state index contributed by atoms with van der Waals surface area (Å²) in [6.07, 6.45) is 1.97. The summed E-state index contributed by atoms with van der Waals surface area (Å²) in [4.78, 5) is 29.8. The van der Waals surface area contributed by atoms with E-state index in [4.69, 9.17) is 9.15 Å². The number of ether oxygens (including phenoxy) is 1. The van der Waals surface area contributed by atoms with E-state index in [0.29, 0.717) is 29.9 Å². The van der Waals surface area contributed by atoms with Crippen molar-refractivity contribution in [2.75, 3.05) is 13.7 Å². The van der Waals surface area contributed by atoms with E-state index in [-0.39, 0.29) is 17.6 Å². The van der Waals surface area contributed by atoms with Crippen molar-refractivity contribution in [2.24, 2.45) is 0 Å². The van der Waals surface area contributed by atoms with Gasteiger partial charge in [-0.2, -0.15) is 0 Å². The molecule has 0 spiro atoms. The van der Waals surface area contributed by atoms with Gasteiger partial charge in [-0.25, -0.2) is 4.98 Å². The number of carbonyl (C=O) groups is 2. The van der Waals surface area contributed by atoms with Gasteiger partial charge in [-0.3, -0.25) is 14.2 Å². The highest BCUT2D eigenvalue weighted by molar-refractivity contribution is 6.15. The minimum atomic E-state index is -0.280. The summed E-state index contributed by atoms with van der Waals surface area (Å²) in [5.74, 6) is 0.385. The average molecular weight is 387 g/mol. The molecule has 1 aliphatic rings. The van der Waals surface area contributed by atoms with Crippen LogP contribution in [0, 0.1) is 0 Å². The van der Waals surface area contributed by atoms with Gasteiger partial charge in [0.25, 0.3) is 11.8 Å². The number of methoxy groups -OCH3 is 1. The van der Waals surface area contributed by atoms with Gasteiger partial charge in [0.2, 0.25) is 5.88 Å². The molecule has 1 aromatic carbocycles. The van der Waals surface area contributed by atoms with Crippen LogP contribution < -0.4 is 10.1 Å². The van der Waals surface area contributed by atoms with Crippen LogP contribution in [0.1, 0.15) is 26.5 Å². The fourth-order valence-corrected chi connectivity index (χ4v) is 3.84. The number of hydrogen-bond donors (Lipinski definition) is 1. The van der Waals surface area contributed by atoms with Gasteiger partial charge in [0.1, 0.15) is 0 Å². The van der Waals surface area contributed by atoms with Gasteiger partial charge in [-0.05, 0) is 30.7 Å². The van der Waals surface area contributed by atoms with Crippen LogP contribution in [0.2, 0.25) is 0 Å². The number of aromatic nitrogens is 2. The van der Waals surface area contributed by atoms with Crippen molar-refractivity contribution >= 4 is 22.8 Å². The molecule has 4 heterocycles. The highest BCUT2D eigenvalue weighted by atomic mass is 16.5. The number of nitrogens with zero attached hydrogens (tertiary/aromatic N) is 2. The summed E-state index contributed by atoms with van der Waals surface area (Å²) in [5, 5.41) is 2.86. The number of rotatable bonds is 5. The van der Waals surface area contributed by atoms with Crippen LogP contribution in [0.15, 0.2) is 59.2 Å². The zero-order chi connectivity index (χ0) is 20.0. The van der Waals surface area contributed by atoms with E-state index >= 15 is 0 Å². The summed E-state index contributed by atoms with van der Waals surface area (Å²) in [6.45, 7) is 0.376. The minimum Gasteiger partial charge on any atom is -0.481 e. The Morgan fingerprint density at radius 2 is 1.97 bits per heavy atom. The molecule has 0 saturated carbocycles. The highest BCUT2D eigenvalue weighted by Gasteiger charge is 2.32. The maximum absolute atomic E-state index is 13.0. The Morgan fingerprint density at radius 3 is 2.72 bits per heavy atom. The van der Waals surface area contributed by atoms with Crippen molar-refractivity contribution in [1.29, 1.82) is 0 Å². The second kappa shape index (κ2) is 6.63. The van der Waals surface area contributed by atoms with Crippen LogP contribution in [0.3, 0.4) is 0 Å². The molecule has 144 valence electrons. The number of hydrogen-bond acceptors (Lipinski definition) is 5. The van der Waals surface area contributed by atoms with Crippen molar-refractivity contribution < 1.29 is 18.7 Å². The van der Waals surface area contributed by atoms with Crippen molar-refractivity contribution in [2.45, 2.75) is 6.42 Å². The third-order valence-electron chi connectivity index (χ3n) is 5.11. The molecule has 29 heavy (non-hydrogen) atoms. The zero-order valence-electron chi connectivity index (χ0n) is 15.6. The molecule has 0 bridgehead atoms. The van der Waals surface area contributed by atoms with Crippen molar-refractivity contribution in [1.82, 2.24) is 14.9 Å². The van der Waals surface area contributed by atoms with Gasteiger partial charge in [0.15, 0.2) is 5.76 Å². The predicted octanol–water partition coefficient (Wildman–Crippen LogP) is 3.28. The molecule has 0 aliphatic carbocycles. The molecular weight excluding hydrogens is 370 g/mol. The molecule has 4 aromatic rings.